The van der Waals surface area contributed by atoms with Gasteiger partial charge in [-0.1, -0.05) is 19.1 Å². The molecule has 0 aliphatic carbocycles. The molecule has 164 valence electrons. The smallest absolute Gasteiger partial charge is 0.408 e. The highest BCUT2D eigenvalue weighted by Crippen LogP contribution is 2.22. The molecule has 30 heavy (non-hydrogen) atoms. The quantitative estimate of drug-likeness (QED) is 0.421. The summed E-state index contributed by atoms with van der Waals surface area (Å²) in [5.41, 5.74) is 0.312. The minimum atomic E-state index is -0.614. The van der Waals surface area contributed by atoms with Gasteiger partial charge in [0.25, 0.3) is 5.91 Å². The van der Waals surface area contributed by atoms with Gasteiger partial charge in [-0.3, -0.25) is 9.59 Å². The molecule has 0 aliphatic rings. The third kappa shape index (κ3) is 7.18. The number of ether oxygens (including phenoxy) is 1. The van der Waals surface area contributed by atoms with Gasteiger partial charge in [-0.25, -0.2) is 4.79 Å². The third-order valence-electron chi connectivity index (χ3n) is 3.87. The number of nitrogens with zero attached hydrogens (tertiary/aromatic N) is 3. The number of nitrogens with one attached hydrogen (secondary N) is 5. The van der Waals surface area contributed by atoms with Crippen molar-refractivity contribution >= 4 is 17.9 Å². The zero-order valence-electron chi connectivity index (χ0n) is 17.7. The number of rotatable bonds is 8. The van der Waals surface area contributed by atoms with Crippen LogP contribution in [0.5, 0.6) is 0 Å². The van der Waals surface area contributed by atoms with Gasteiger partial charge in [0.1, 0.15) is 11.3 Å². The van der Waals surface area contributed by atoms with E-state index in [0.29, 0.717) is 11.5 Å². The lowest BCUT2D eigenvalue weighted by Gasteiger charge is -2.25. The summed E-state index contributed by atoms with van der Waals surface area (Å²) in [6, 6.07) is 2.93. The van der Waals surface area contributed by atoms with Gasteiger partial charge in [-0.05, 0) is 38.8 Å². The van der Waals surface area contributed by atoms with Crippen molar-refractivity contribution in [2.45, 2.75) is 52.8 Å². The fourth-order valence-corrected chi connectivity index (χ4v) is 2.52. The van der Waals surface area contributed by atoms with E-state index in [1.807, 2.05) is 13.8 Å². The van der Waals surface area contributed by atoms with Gasteiger partial charge >= 0.3 is 6.09 Å². The van der Waals surface area contributed by atoms with Crippen LogP contribution in [0, 0.1) is 5.92 Å². The highest BCUT2D eigenvalue weighted by Gasteiger charge is 2.24. The topological polar surface area (TPSA) is 167 Å². The van der Waals surface area contributed by atoms with Crippen molar-refractivity contribution < 1.29 is 19.1 Å². The van der Waals surface area contributed by atoms with Crippen molar-refractivity contribution in [3.8, 4) is 0 Å². The molecule has 0 fully saturated rings. The molecule has 1 atom stereocenters. The fourth-order valence-electron chi connectivity index (χ4n) is 2.52. The Hall–Kier alpha value is -3.44. The molecule has 0 saturated heterocycles. The Bertz CT molecular complexity index is 854. The van der Waals surface area contributed by atoms with Gasteiger partial charge in [-0.15, -0.1) is 10.2 Å². The van der Waals surface area contributed by atoms with Gasteiger partial charge in [-0.2, -0.15) is 5.21 Å². The van der Waals surface area contributed by atoms with Crippen molar-refractivity contribution in [1.29, 1.82) is 0 Å². The Morgan fingerprint density at radius 1 is 1.17 bits per heavy atom. The molecule has 0 spiro atoms. The maximum Gasteiger partial charge on any atom is 0.408 e. The van der Waals surface area contributed by atoms with Crippen LogP contribution in [0.3, 0.4) is 0 Å². The Labute approximate surface area is 173 Å². The monoisotopic (exact) mass is 420 g/mol. The minimum absolute atomic E-state index is 0.0444. The summed E-state index contributed by atoms with van der Waals surface area (Å²) in [5, 5.41) is 21.0. The normalized spacial score (nSPS) is 12.3. The molecule has 2 rings (SSSR count). The van der Waals surface area contributed by atoms with E-state index >= 15 is 0 Å². The van der Waals surface area contributed by atoms with Crippen LogP contribution in [0.1, 0.15) is 62.7 Å². The summed E-state index contributed by atoms with van der Waals surface area (Å²) < 4.78 is 5.31. The largest absolute Gasteiger partial charge is 0.444 e. The van der Waals surface area contributed by atoms with E-state index in [2.05, 4.69) is 41.6 Å². The number of carbonyl (C=O) groups is 3. The molecule has 0 aromatic carbocycles. The second-order valence-corrected chi connectivity index (χ2v) is 7.98. The molecule has 0 aliphatic heterocycles. The lowest BCUT2D eigenvalue weighted by Crippen LogP contribution is -2.37. The van der Waals surface area contributed by atoms with Crippen LogP contribution in [-0.4, -0.2) is 55.7 Å². The van der Waals surface area contributed by atoms with Gasteiger partial charge in [0.05, 0.1) is 19.1 Å². The maximum atomic E-state index is 12.3. The zero-order chi connectivity index (χ0) is 22.3. The molecule has 12 heteroatoms. The van der Waals surface area contributed by atoms with Crippen molar-refractivity contribution in [3.63, 3.8) is 0 Å². The number of aromatic nitrogens is 5. The molecular weight excluding hydrogens is 392 g/mol. The van der Waals surface area contributed by atoms with Crippen molar-refractivity contribution in [2.75, 3.05) is 6.54 Å². The van der Waals surface area contributed by atoms with Gasteiger partial charge in [0.2, 0.25) is 5.91 Å². The molecule has 2 aromatic rings. The molecule has 12 nitrogen and oxygen atoms in total. The number of carbonyl (C=O) groups excluding carboxylic acids is 3. The third-order valence-corrected chi connectivity index (χ3v) is 3.87. The number of amides is 3. The number of hydrogen-bond acceptors (Lipinski definition) is 7. The molecule has 0 saturated carbocycles. The summed E-state index contributed by atoms with van der Waals surface area (Å²) in [6.07, 6.45) is -0.542. The molecule has 5 N–H and O–H groups in total. The van der Waals surface area contributed by atoms with Gasteiger partial charge < -0.3 is 25.7 Å². The van der Waals surface area contributed by atoms with E-state index in [9.17, 15) is 14.4 Å². The van der Waals surface area contributed by atoms with Crippen molar-refractivity contribution in [3.05, 3.63) is 29.3 Å². The lowest BCUT2D eigenvalue weighted by molar-refractivity contribution is -0.120. The molecule has 0 bridgehead atoms. The SMILES string of the molecule is CC(C)[C@H](NC(=O)OC(C)(C)C)c1ccc(C(=O)NCC(=O)NCc2nn[nH]n2)[nH]1. The predicted octanol–water partition coefficient (Wildman–Crippen LogP) is 0.796. The summed E-state index contributed by atoms with van der Waals surface area (Å²) in [5.74, 6) is -0.466. The minimum Gasteiger partial charge on any atom is -0.444 e. The number of tetrazole rings is 1. The average molecular weight is 420 g/mol. The summed E-state index contributed by atoms with van der Waals surface area (Å²) in [6.45, 7) is 9.12. The summed E-state index contributed by atoms with van der Waals surface area (Å²) in [7, 11) is 0. The van der Waals surface area contributed by atoms with Crippen LogP contribution >= 0.6 is 0 Å². The molecule has 0 unspecified atom stereocenters. The Kier molecular flexibility index (Phi) is 7.50. The van der Waals surface area contributed by atoms with Crippen LogP contribution in [0.2, 0.25) is 0 Å². The zero-order valence-corrected chi connectivity index (χ0v) is 17.7. The average Bonchev–Trinajstić information content (AvgIpc) is 3.32. The number of aromatic amines is 2. The van der Waals surface area contributed by atoms with Crippen LogP contribution < -0.4 is 16.0 Å². The predicted molar refractivity (Wildman–Crippen MR) is 106 cm³/mol. The highest BCUT2D eigenvalue weighted by atomic mass is 16.6. The Balaban J connectivity index is 1.90. The Morgan fingerprint density at radius 3 is 2.50 bits per heavy atom. The number of hydrogen-bond donors (Lipinski definition) is 5. The van der Waals surface area contributed by atoms with Crippen molar-refractivity contribution in [1.82, 2.24) is 41.6 Å². The fraction of sp³-hybridized carbons (Fsp3) is 0.556. The molecular formula is C18H28N8O4. The summed E-state index contributed by atoms with van der Waals surface area (Å²) >= 11 is 0. The number of H-pyrrole nitrogens is 2. The first kappa shape index (κ1) is 22.8. The first-order valence-electron chi connectivity index (χ1n) is 9.51. The Morgan fingerprint density at radius 2 is 1.90 bits per heavy atom. The van der Waals surface area contributed by atoms with E-state index in [-0.39, 0.29) is 30.7 Å². The van der Waals surface area contributed by atoms with Gasteiger partial charge in [0, 0.05) is 5.69 Å². The van der Waals surface area contributed by atoms with E-state index < -0.39 is 23.5 Å². The second kappa shape index (κ2) is 9.85. The maximum absolute atomic E-state index is 12.3. The van der Waals surface area contributed by atoms with E-state index in [1.54, 1.807) is 32.9 Å². The summed E-state index contributed by atoms with van der Waals surface area (Å²) in [4.78, 5) is 39.3. The van der Waals surface area contributed by atoms with Crippen LogP contribution in [0.4, 0.5) is 4.79 Å². The second-order valence-electron chi connectivity index (χ2n) is 7.98. The first-order valence-corrected chi connectivity index (χ1v) is 9.51. The number of alkyl carbamates (subject to hydrolysis) is 1. The van der Waals surface area contributed by atoms with E-state index in [4.69, 9.17) is 4.74 Å². The van der Waals surface area contributed by atoms with Crippen LogP contribution in [0.15, 0.2) is 12.1 Å². The van der Waals surface area contributed by atoms with E-state index in [1.165, 1.54) is 0 Å². The molecule has 0 radical (unpaired) electrons. The molecule has 3 amide bonds. The van der Waals surface area contributed by atoms with Crippen LogP contribution in [-0.2, 0) is 16.1 Å². The lowest BCUT2D eigenvalue weighted by atomic mass is 10.0. The molecule has 2 aromatic heterocycles. The van der Waals surface area contributed by atoms with E-state index in [0.717, 1.165) is 0 Å². The van der Waals surface area contributed by atoms with Crippen molar-refractivity contribution in [2.24, 2.45) is 5.92 Å². The van der Waals surface area contributed by atoms with Gasteiger partial charge in [0.15, 0.2) is 5.82 Å². The standard InChI is InChI=1S/C18H28N8O4/c1-10(2)15(22-17(29)30-18(3,4)5)11-6-7-12(21-11)16(28)20-9-14(27)19-8-13-23-25-26-24-13/h6-7,10,15,21H,8-9H2,1-5H3,(H,19,27)(H,20,28)(H,22,29)(H,23,24,25,26)/t15-/m0/s1. The van der Waals surface area contributed by atoms with Crippen LogP contribution in [0.25, 0.3) is 0 Å². The molecule has 2 heterocycles. The first-order chi connectivity index (χ1) is 14.0. The highest BCUT2D eigenvalue weighted by molar-refractivity contribution is 5.95.